The first kappa shape index (κ1) is 11.6. The van der Waals surface area contributed by atoms with E-state index in [0.29, 0.717) is 0 Å². The van der Waals surface area contributed by atoms with Crippen LogP contribution in [-0.2, 0) is 0 Å². The summed E-state index contributed by atoms with van der Waals surface area (Å²) in [7, 11) is 4.05. The van der Waals surface area contributed by atoms with E-state index in [-0.39, 0.29) is 0 Å². The molecule has 0 aliphatic rings. The average molecular weight is 252 g/mol. The van der Waals surface area contributed by atoms with Gasteiger partial charge in [0.05, 0.1) is 11.0 Å². The van der Waals surface area contributed by atoms with Crippen LogP contribution in [0.1, 0.15) is 0 Å². The lowest BCUT2D eigenvalue weighted by atomic mass is 10.2. The lowest BCUT2D eigenvalue weighted by Crippen LogP contribution is -2.07. The normalized spacial score (nSPS) is 10.8. The van der Waals surface area contributed by atoms with Gasteiger partial charge in [0, 0.05) is 31.0 Å². The predicted octanol–water partition coefficient (Wildman–Crippen LogP) is 2.88. The molecule has 2 aromatic carbocycles. The average Bonchev–Trinajstić information content (AvgIpc) is 2.82. The van der Waals surface area contributed by atoms with Gasteiger partial charge in [-0.3, -0.25) is 0 Å². The van der Waals surface area contributed by atoms with Gasteiger partial charge >= 0.3 is 0 Å². The number of fused-ring (bicyclic) bond motifs is 1. The number of H-pyrrole nitrogens is 1. The molecule has 96 valence electrons. The Morgan fingerprint density at radius 1 is 1.05 bits per heavy atom. The summed E-state index contributed by atoms with van der Waals surface area (Å²) in [4.78, 5) is 10.0. The Morgan fingerprint density at radius 2 is 1.79 bits per heavy atom. The number of anilines is 2. The lowest BCUT2D eigenvalue weighted by Gasteiger charge is -2.11. The number of nitrogens with one attached hydrogen (secondary N) is 1. The van der Waals surface area contributed by atoms with Crippen LogP contribution in [0.5, 0.6) is 0 Å². The smallest absolute Gasteiger partial charge is 0.138 e. The van der Waals surface area contributed by atoms with Crippen molar-refractivity contribution in [3.8, 4) is 11.4 Å². The van der Waals surface area contributed by atoms with Crippen LogP contribution in [0, 0.1) is 0 Å². The largest absolute Gasteiger partial charge is 0.399 e. The fraction of sp³-hybridized carbons (Fsp3) is 0.133. The summed E-state index contributed by atoms with van der Waals surface area (Å²) in [5.41, 5.74) is 10.7. The second-order valence-corrected chi connectivity index (χ2v) is 4.80. The Hall–Kier alpha value is -2.49. The van der Waals surface area contributed by atoms with Crippen molar-refractivity contribution >= 4 is 22.4 Å². The van der Waals surface area contributed by atoms with Gasteiger partial charge in [-0.1, -0.05) is 0 Å². The highest BCUT2D eigenvalue weighted by molar-refractivity contribution is 5.82. The molecule has 0 amide bonds. The monoisotopic (exact) mass is 252 g/mol. The van der Waals surface area contributed by atoms with Gasteiger partial charge in [0.1, 0.15) is 5.82 Å². The summed E-state index contributed by atoms with van der Waals surface area (Å²) in [6.07, 6.45) is 0. The zero-order chi connectivity index (χ0) is 13.4. The van der Waals surface area contributed by atoms with Gasteiger partial charge in [0.2, 0.25) is 0 Å². The van der Waals surface area contributed by atoms with Crippen LogP contribution in [0.15, 0.2) is 42.5 Å². The molecule has 0 bridgehead atoms. The Labute approximate surface area is 111 Å². The molecule has 0 radical (unpaired) electrons. The standard InChI is InChI=1S/C15H16N4/c1-19(2)12-7-8-13-14(9-12)18-15(17-13)10-3-5-11(16)6-4-10/h3-9H,16H2,1-2H3,(H,17,18). The summed E-state index contributed by atoms with van der Waals surface area (Å²) in [5.74, 6) is 0.867. The first-order valence-electron chi connectivity index (χ1n) is 6.16. The highest BCUT2D eigenvalue weighted by Gasteiger charge is 2.06. The number of aromatic amines is 1. The molecule has 4 heteroatoms. The first-order chi connectivity index (χ1) is 9.13. The number of rotatable bonds is 2. The minimum absolute atomic E-state index is 0.759. The molecule has 0 aliphatic carbocycles. The number of hydrogen-bond acceptors (Lipinski definition) is 3. The highest BCUT2D eigenvalue weighted by atomic mass is 15.1. The third-order valence-electron chi connectivity index (χ3n) is 3.17. The molecule has 0 atom stereocenters. The zero-order valence-corrected chi connectivity index (χ0v) is 11.0. The Balaban J connectivity index is 2.08. The van der Waals surface area contributed by atoms with E-state index < -0.39 is 0 Å². The van der Waals surface area contributed by atoms with Crippen molar-refractivity contribution in [3.63, 3.8) is 0 Å². The van der Waals surface area contributed by atoms with E-state index in [1.165, 1.54) is 0 Å². The molecule has 3 aromatic rings. The minimum Gasteiger partial charge on any atom is -0.399 e. The molecule has 0 aliphatic heterocycles. The molecular formula is C15H16N4. The summed E-state index contributed by atoms with van der Waals surface area (Å²) in [5, 5.41) is 0. The Kier molecular flexibility index (Phi) is 2.63. The van der Waals surface area contributed by atoms with E-state index >= 15 is 0 Å². The molecular weight excluding hydrogens is 236 g/mol. The second kappa shape index (κ2) is 4.31. The van der Waals surface area contributed by atoms with Crippen molar-refractivity contribution in [3.05, 3.63) is 42.5 Å². The number of imidazole rings is 1. The molecule has 0 spiro atoms. The van der Waals surface area contributed by atoms with Crippen molar-refractivity contribution in [1.82, 2.24) is 9.97 Å². The van der Waals surface area contributed by atoms with Crippen LogP contribution in [-0.4, -0.2) is 24.1 Å². The van der Waals surface area contributed by atoms with Crippen LogP contribution in [0.2, 0.25) is 0 Å². The molecule has 3 rings (SSSR count). The van der Waals surface area contributed by atoms with E-state index in [9.17, 15) is 0 Å². The molecule has 0 unspecified atom stereocenters. The number of nitrogens with two attached hydrogens (primary N) is 1. The van der Waals surface area contributed by atoms with Gasteiger partial charge in [-0.15, -0.1) is 0 Å². The Morgan fingerprint density at radius 3 is 2.47 bits per heavy atom. The van der Waals surface area contributed by atoms with Crippen molar-refractivity contribution in [1.29, 1.82) is 0 Å². The zero-order valence-electron chi connectivity index (χ0n) is 11.0. The highest BCUT2D eigenvalue weighted by Crippen LogP contribution is 2.24. The van der Waals surface area contributed by atoms with Crippen LogP contribution >= 0.6 is 0 Å². The van der Waals surface area contributed by atoms with Gasteiger partial charge in [-0.25, -0.2) is 4.98 Å². The molecule has 0 saturated heterocycles. The molecule has 19 heavy (non-hydrogen) atoms. The van der Waals surface area contributed by atoms with Crippen molar-refractivity contribution < 1.29 is 0 Å². The molecule has 0 fully saturated rings. The maximum absolute atomic E-state index is 5.70. The third kappa shape index (κ3) is 2.12. The number of nitrogen functional groups attached to an aromatic ring is 1. The minimum atomic E-state index is 0.759. The predicted molar refractivity (Wildman–Crippen MR) is 80.3 cm³/mol. The summed E-state index contributed by atoms with van der Waals surface area (Å²) in [6, 6.07) is 13.9. The summed E-state index contributed by atoms with van der Waals surface area (Å²) < 4.78 is 0. The molecule has 1 aromatic heterocycles. The van der Waals surface area contributed by atoms with E-state index in [1.54, 1.807) is 0 Å². The van der Waals surface area contributed by atoms with Gasteiger partial charge < -0.3 is 15.6 Å². The van der Waals surface area contributed by atoms with E-state index in [0.717, 1.165) is 33.8 Å². The number of hydrogen-bond donors (Lipinski definition) is 2. The molecule has 3 N–H and O–H groups in total. The third-order valence-corrected chi connectivity index (χ3v) is 3.17. The number of nitrogens with zero attached hydrogens (tertiary/aromatic N) is 2. The van der Waals surface area contributed by atoms with Crippen LogP contribution < -0.4 is 10.6 Å². The van der Waals surface area contributed by atoms with Crippen LogP contribution in [0.3, 0.4) is 0 Å². The van der Waals surface area contributed by atoms with E-state index in [1.807, 2.05) is 44.4 Å². The van der Waals surface area contributed by atoms with Crippen molar-refractivity contribution in [2.75, 3.05) is 24.7 Å². The molecule has 0 saturated carbocycles. The summed E-state index contributed by atoms with van der Waals surface area (Å²) >= 11 is 0. The van der Waals surface area contributed by atoms with Gasteiger partial charge in [-0.2, -0.15) is 0 Å². The van der Waals surface area contributed by atoms with Gasteiger partial charge in [-0.05, 0) is 42.5 Å². The fourth-order valence-corrected chi connectivity index (χ4v) is 2.05. The first-order valence-corrected chi connectivity index (χ1v) is 6.16. The molecule has 4 nitrogen and oxygen atoms in total. The quantitative estimate of drug-likeness (QED) is 0.689. The van der Waals surface area contributed by atoms with Crippen LogP contribution in [0.25, 0.3) is 22.4 Å². The topological polar surface area (TPSA) is 57.9 Å². The van der Waals surface area contributed by atoms with E-state index in [4.69, 9.17) is 5.73 Å². The number of aromatic nitrogens is 2. The SMILES string of the molecule is CN(C)c1ccc2nc(-c3ccc(N)cc3)[nH]c2c1. The van der Waals surface area contributed by atoms with Crippen molar-refractivity contribution in [2.45, 2.75) is 0 Å². The van der Waals surface area contributed by atoms with Crippen LogP contribution in [0.4, 0.5) is 11.4 Å². The van der Waals surface area contributed by atoms with Crippen molar-refractivity contribution in [2.24, 2.45) is 0 Å². The second-order valence-electron chi connectivity index (χ2n) is 4.80. The maximum atomic E-state index is 5.70. The maximum Gasteiger partial charge on any atom is 0.138 e. The Bertz CT molecular complexity index is 711. The fourth-order valence-electron chi connectivity index (χ4n) is 2.05. The summed E-state index contributed by atoms with van der Waals surface area (Å²) in [6.45, 7) is 0. The lowest BCUT2D eigenvalue weighted by molar-refractivity contribution is 1.13. The number of benzene rings is 2. The van der Waals surface area contributed by atoms with E-state index in [2.05, 4.69) is 27.0 Å². The van der Waals surface area contributed by atoms with Gasteiger partial charge in [0.15, 0.2) is 0 Å². The molecule has 1 heterocycles. The van der Waals surface area contributed by atoms with Gasteiger partial charge in [0.25, 0.3) is 0 Å².